The molecule has 0 bridgehead atoms. The first kappa shape index (κ1) is 5.17. The van der Waals surface area contributed by atoms with Crippen LogP contribution in [-0.2, 0) is 0 Å². The topological polar surface area (TPSA) is 20.2 Å². The van der Waals surface area contributed by atoms with Crippen LogP contribution >= 0.6 is 0 Å². The van der Waals surface area contributed by atoms with Crippen LogP contribution in [0.25, 0.3) is 0 Å². The van der Waals surface area contributed by atoms with Crippen LogP contribution < -0.4 is 0 Å². The van der Waals surface area contributed by atoms with Gasteiger partial charge in [-0.1, -0.05) is 19.3 Å². The van der Waals surface area contributed by atoms with Crippen LogP contribution in [-0.4, -0.2) is 11.9 Å². The third-order valence-corrected chi connectivity index (χ3v) is 1.57. The summed E-state index contributed by atoms with van der Waals surface area (Å²) in [5, 5.41) is 8.91. The zero-order chi connectivity index (χ0) is 5.11. The second kappa shape index (κ2) is 2.36. The quantitative estimate of drug-likeness (QED) is 0.450. The Labute approximate surface area is 44.8 Å². The van der Waals surface area contributed by atoms with E-state index < -0.39 is 0 Å². The second-order valence-electron chi connectivity index (χ2n) is 2.29. The number of hydrogen-bond acceptors (Lipinski definition) is 1. The van der Waals surface area contributed by atoms with Gasteiger partial charge < -0.3 is 5.02 Å². The summed E-state index contributed by atoms with van der Waals surface area (Å²) >= 11 is 0. The van der Waals surface area contributed by atoms with Crippen LogP contribution in [0.15, 0.2) is 0 Å². The molecule has 2 heteroatoms. The first-order valence-corrected chi connectivity index (χ1v) is 3.07. The van der Waals surface area contributed by atoms with Crippen molar-refractivity contribution in [2.75, 3.05) is 0 Å². The van der Waals surface area contributed by atoms with Gasteiger partial charge in [0, 0.05) is 0 Å². The van der Waals surface area contributed by atoms with Crippen molar-refractivity contribution in [1.82, 2.24) is 0 Å². The largest absolute Gasteiger partial charge is 0.450 e. The van der Waals surface area contributed by atoms with Gasteiger partial charge in [0.25, 0.3) is 6.92 Å². The van der Waals surface area contributed by atoms with E-state index in [1.54, 1.807) is 0 Å². The summed E-state index contributed by atoms with van der Waals surface area (Å²) in [5.74, 6) is 0. The molecule has 0 unspecified atom stereocenters. The van der Waals surface area contributed by atoms with Crippen LogP contribution in [0.4, 0.5) is 0 Å². The van der Waals surface area contributed by atoms with Crippen molar-refractivity contribution >= 4 is 6.92 Å². The summed E-state index contributed by atoms with van der Waals surface area (Å²) in [6.45, 7) is 0.0359. The van der Waals surface area contributed by atoms with Crippen molar-refractivity contribution in [1.29, 1.82) is 0 Å². The molecule has 1 aliphatic rings. The Morgan fingerprint density at radius 2 is 1.57 bits per heavy atom. The standard InChI is InChI=1S/C5H11BO/c7-6-4-2-1-3-5-6/h7H,1-5H2. The van der Waals surface area contributed by atoms with Gasteiger partial charge >= 0.3 is 0 Å². The van der Waals surface area contributed by atoms with Crippen LogP contribution in [0, 0.1) is 0 Å². The highest BCUT2D eigenvalue weighted by molar-refractivity contribution is 6.50. The molecular weight excluding hydrogens is 86.9 g/mol. The van der Waals surface area contributed by atoms with Crippen LogP contribution in [0.3, 0.4) is 0 Å². The maximum Gasteiger partial charge on any atom is 0.288 e. The van der Waals surface area contributed by atoms with Gasteiger partial charge in [-0.15, -0.1) is 0 Å². The lowest BCUT2D eigenvalue weighted by Crippen LogP contribution is -2.14. The van der Waals surface area contributed by atoms with Gasteiger partial charge in [0.2, 0.25) is 0 Å². The summed E-state index contributed by atoms with van der Waals surface area (Å²) in [6, 6.07) is 0. The van der Waals surface area contributed by atoms with Gasteiger partial charge in [-0.2, -0.15) is 0 Å². The van der Waals surface area contributed by atoms with E-state index in [-0.39, 0.29) is 6.92 Å². The zero-order valence-electron chi connectivity index (χ0n) is 4.56. The van der Waals surface area contributed by atoms with Gasteiger partial charge in [0.1, 0.15) is 0 Å². The first-order chi connectivity index (χ1) is 3.39. The monoisotopic (exact) mass is 98.1 g/mol. The smallest absolute Gasteiger partial charge is 0.288 e. The van der Waals surface area contributed by atoms with E-state index >= 15 is 0 Å². The minimum atomic E-state index is 0.0359. The average molecular weight is 98.0 g/mol. The maximum absolute atomic E-state index is 8.91. The molecule has 0 amide bonds. The van der Waals surface area contributed by atoms with Gasteiger partial charge in [-0.3, -0.25) is 0 Å². The van der Waals surface area contributed by atoms with E-state index in [1.807, 2.05) is 0 Å². The lowest BCUT2D eigenvalue weighted by Gasteiger charge is -2.10. The van der Waals surface area contributed by atoms with Crippen LogP contribution in [0.1, 0.15) is 19.3 Å². The molecule has 0 aromatic carbocycles. The highest BCUT2D eigenvalue weighted by Crippen LogP contribution is 2.15. The molecule has 0 radical (unpaired) electrons. The van der Waals surface area contributed by atoms with Crippen molar-refractivity contribution in [2.45, 2.75) is 31.9 Å². The van der Waals surface area contributed by atoms with Crippen molar-refractivity contribution < 1.29 is 5.02 Å². The summed E-state index contributed by atoms with van der Waals surface area (Å²) < 4.78 is 0. The molecule has 0 aromatic rings. The molecule has 40 valence electrons. The van der Waals surface area contributed by atoms with E-state index in [4.69, 9.17) is 5.02 Å². The molecular formula is C5H11BO. The lowest BCUT2D eigenvalue weighted by molar-refractivity contribution is 0.533. The third kappa shape index (κ3) is 1.52. The zero-order valence-corrected chi connectivity index (χ0v) is 4.56. The molecule has 0 aliphatic carbocycles. The van der Waals surface area contributed by atoms with Gasteiger partial charge in [-0.05, 0) is 12.6 Å². The number of hydrogen-bond donors (Lipinski definition) is 1. The van der Waals surface area contributed by atoms with Gasteiger partial charge in [0.05, 0.1) is 0 Å². The Bertz CT molecular complexity index is 50.0. The average Bonchev–Trinajstić information content (AvgIpc) is 1.69. The third-order valence-electron chi connectivity index (χ3n) is 1.57. The molecule has 0 aromatic heterocycles. The number of rotatable bonds is 0. The second-order valence-corrected chi connectivity index (χ2v) is 2.29. The van der Waals surface area contributed by atoms with E-state index in [0.29, 0.717) is 0 Å². The van der Waals surface area contributed by atoms with Crippen molar-refractivity contribution in [3.63, 3.8) is 0 Å². The Hall–Kier alpha value is 0.0249. The molecule has 1 aliphatic heterocycles. The normalized spacial score (nSPS) is 22.7. The summed E-state index contributed by atoms with van der Waals surface area (Å²) in [6.07, 6.45) is 5.89. The fourth-order valence-electron chi connectivity index (χ4n) is 1.08. The Morgan fingerprint density at radius 1 is 1.00 bits per heavy atom. The van der Waals surface area contributed by atoms with Crippen molar-refractivity contribution in [3.8, 4) is 0 Å². The SMILES string of the molecule is OB1CCCCC1. The fraction of sp³-hybridized carbons (Fsp3) is 1.00. The predicted molar refractivity (Wildman–Crippen MR) is 31.4 cm³/mol. The first-order valence-electron chi connectivity index (χ1n) is 3.07. The summed E-state index contributed by atoms with van der Waals surface area (Å²) in [4.78, 5) is 0. The molecule has 0 atom stereocenters. The Balaban J connectivity index is 2.12. The summed E-state index contributed by atoms with van der Waals surface area (Å²) in [5.41, 5.74) is 0. The molecule has 1 fully saturated rings. The lowest BCUT2D eigenvalue weighted by atomic mass is 9.57. The molecule has 0 spiro atoms. The molecule has 1 saturated heterocycles. The molecule has 1 nitrogen and oxygen atoms in total. The van der Waals surface area contributed by atoms with E-state index in [1.165, 1.54) is 19.3 Å². The molecule has 1 rings (SSSR count). The maximum atomic E-state index is 8.91. The Kier molecular flexibility index (Phi) is 1.74. The van der Waals surface area contributed by atoms with E-state index in [0.717, 1.165) is 12.6 Å². The predicted octanol–water partition coefficient (Wildman–Crippen LogP) is 1.15. The van der Waals surface area contributed by atoms with Crippen molar-refractivity contribution in [2.24, 2.45) is 0 Å². The minimum absolute atomic E-state index is 0.0359. The van der Waals surface area contributed by atoms with Gasteiger partial charge in [0.15, 0.2) is 0 Å². The van der Waals surface area contributed by atoms with Crippen LogP contribution in [0.5, 0.6) is 0 Å². The minimum Gasteiger partial charge on any atom is -0.450 e. The van der Waals surface area contributed by atoms with E-state index in [9.17, 15) is 0 Å². The van der Waals surface area contributed by atoms with Crippen LogP contribution in [0.2, 0.25) is 12.6 Å². The molecule has 7 heavy (non-hydrogen) atoms. The highest BCUT2D eigenvalue weighted by Gasteiger charge is 2.13. The highest BCUT2D eigenvalue weighted by atomic mass is 16.2. The van der Waals surface area contributed by atoms with Gasteiger partial charge in [-0.25, -0.2) is 0 Å². The van der Waals surface area contributed by atoms with E-state index in [2.05, 4.69) is 0 Å². The molecule has 1 N–H and O–H groups in total. The molecule has 1 heterocycles. The molecule has 0 saturated carbocycles. The fourth-order valence-corrected chi connectivity index (χ4v) is 1.08. The van der Waals surface area contributed by atoms with Crippen molar-refractivity contribution in [3.05, 3.63) is 0 Å². The summed E-state index contributed by atoms with van der Waals surface area (Å²) in [7, 11) is 0. The Morgan fingerprint density at radius 3 is 1.86 bits per heavy atom.